The van der Waals surface area contributed by atoms with Gasteiger partial charge in [-0.3, -0.25) is 4.90 Å². The highest BCUT2D eigenvalue weighted by atomic mass is 79.9. The van der Waals surface area contributed by atoms with Crippen molar-refractivity contribution >= 4 is 27.6 Å². The van der Waals surface area contributed by atoms with Crippen LogP contribution in [-0.2, 0) is 6.54 Å². The van der Waals surface area contributed by atoms with Crippen LogP contribution in [0.4, 0.5) is 10.5 Å². The molecule has 0 saturated carbocycles. The van der Waals surface area contributed by atoms with Crippen LogP contribution in [0.2, 0.25) is 0 Å². The van der Waals surface area contributed by atoms with Gasteiger partial charge < -0.3 is 10.6 Å². The van der Waals surface area contributed by atoms with Gasteiger partial charge in [-0.2, -0.15) is 0 Å². The van der Waals surface area contributed by atoms with E-state index in [4.69, 9.17) is 0 Å². The Morgan fingerprint density at radius 2 is 1.88 bits per heavy atom. The smallest absolute Gasteiger partial charge is 0.319 e. The topological polar surface area (TPSA) is 44.4 Å². The molecule has 0 atom stereocenters. The number of hydrogen-bond donors (Lipinski definition) is 2. The minimum atomic E-state index is -0.134. The first-order valence-electron chi connectivity index (χ1n) is 9.17. The SMILES string of the molecule is Cc1ccc(CN2CCC(CNC(=O)Nc3cccc(Br)c3)CC2)cc1. The molecule has 1 heterocycles. The number of nitrogens with one attached hydrogen (secondary N) is 2. The lowest BCUT2D eigenvalue weighted by Gasteiger charge is -2.32. The van der Waals surface area contributed by atoms with Gasteiger partial charge in [-0.05, 0) is 62.5 Å². The molecular formula is C21H26BrN3O. The lowest BCUT2D eigenvalue weighted by Crippen LogP contribution is -2.39. The zero-order valence-electron chi connectivity index (χ0n) is 15.2. The molecular weight excluding hydrogens is 390 g/mol. The molecule has 0 radical (unpaired) electrons. The first-order valence-corrected chi connectivity index (χ1v) is 9.96. The predicted molar refractivity (Wildman–Crippen MR) is 110 cm³/mol. The number of rotatable bonds is 5. The summed E-state index contributed by atoms with van der Waals surface area (Å²) >= 11 is 3.41. The van der Waals surface area contributed by atoms with Crippen molar-refractivity contribution in [1.82, 2.24) is 10.2 Å². The molecule has 0 aliphatic carbocycles. The number of likely N-dealkylation sites (tertiary alicyclic amines) is 1. The number of carbonyl (C=O) groups is 1. The van der Waals surface area contributed by atoms with Crippen LogP contribution in [0.1, 0.15) is 24.0 Å². The third kappa shape index (κ3) is 5.85. The van der Waals surface area contributed by atoms with Gasteiger partial charge in [0.1, 0.15) is 0 Å². The molecule has 4 nitrogen and oxygen atoms in total. The highest BCUT2D eigenvalue weighted by Gasteiger charge is 2.19. The van der Waals surface area contributed by atoms with Gasteiger partial charge in [0.15, 0.2) is 0 Å². The molecule has 1 aliphatic heterocycles. The van der Waals surface area contributed by atoms with Crippen LogP contribution in [0, 0.1) is 12.8 Å². The molecule has 5 heteroatoms. The Balaban J connectivity index is 1.37. The number of halogens is 1. The standard InChI is InChI=1S/C21H26BrN3O/c1-16-5-7-18(8-6-16)15-25-11-9-17(10-12-25)14-23-21(26)24-20-4-2-3-19(22)13-20/h2-8,13,17H,9-12,14-15H2,1H3,(H2,23,24,26). The lowest BCUT2D eigenvalue weighted by atomic mass is 9.96. The Morgan fingerprint density at radius 3 is 2.58 bits per heavy atom. The zero-order chi connectivity index (χ0) is 18.4. The summed E-state index contributed by atoms with van der Waals surface area (Å²) in [6, 6.07) is 16.3. The highest BCUT2D eigenvalue weighted by Crippen LogP contribution is 2.19. The number of carbonyl (C=O) groups excluding carboxylic acids is 1. The number of nitrogens with zero attached hydrogens (tertiary/aromatic N) is 1. The molecule has 1 aliphatic rings. The van der Waals surface area contributed by atoms with Crippen molar-refractivity contribution in [3.63, 3.8) is 0 Å². The summed E-state index contributed by atoms with van der Waals surface area (Å²) in [6.45, 7) is 6.05. The van der Waals surface area contributed by atoms with Crippen molar-refractivity contribution in [2.24, 2.45) is 5.92 Å². The number of aryl methyl sites for hydroxylation is 1. The molecule has 2 N–H and O–H groups in total. The van der Waals surface area contributed by atoms with Crippen molar-refractivity contribution in [2.45, 2.75) is 26.3 Å². The van der Waals surface area contributed by atoms with Gasteiger partial charge in [0.25, 0.3) is 0 Å². The average Bonchev–Trinajstić information content (AvgIpc) is 2.63. The molecule has 1 saturated heterocycles. The Labute approximate surface area is 164 Å². The van der Waals surface area contributed by atoms with E-state index >= 15 is 0 Å². The zero-order valence-corrected chi connectivity index (χ0v) is 16.8. The summed E-state index contributed by atoms with van der Waals surface area (Å²) in [7, 11) is 0. The number of anilines is 1. The third-order valence-corrected chi connectivity index (χ3v) is 5.36. The van der Waals surface area contributed by atoms with E-state index in [1.54, 1.807) is 0 Å². The maximum atomic E-state index is 12.1. The summed E-state index contributed by atoms with van der Waals surface area (Å²) in [5.74, 6) is 0.553. The van der Waals surface area contributed by atoms with Crippen molar-refractivity contribution in [1.29, 1.82) is 0 Å². The maximum absolute atomic E-state index is 12.1. The third-order valence-electron chi connectivity index (χ3n) is 4.87. The minimum Gasteiger partial charge on any atom is -0.338 e. The average molecular weight is 416 g/mol. The molecule has 1 fully saturated rings. The van der Waals surface area contributed by atoms with Gasteiger partial charge in [0.05, 0.1) is 0 Å². The van der Waals surface area contributed by atoms with Gasteiger partial charge >= 0.3 is 6.03 Å². The van der Waals surface area contributed by atoms with E-state index in [1.165, 1.54) is 11.1 Å². The summed E-state index contributed by atoms with van der Waals surface area (Å²) in [6.07, 6.45) is 2.26. The second kappa shape index (κ2) is 9.19. The second-order valence-corrected chi connectivity index (χ2v) is 7.97. The predicted octanol–water partition coefficient (Wildman–Crippen LogP) is 4.79. The number of amides is 2. The Bertz CT molecular complexity index is 724. The Kier molecular flexibility index (Phi) is 6.69. The van der Waals surface area contributed by atoms with E-state index in [-0.39, 0.29) is 6.03 Å². The minimum absolute atomic E-state index is 0.134. The molecule has 2 amide bonds. The number of piperidine rings is 1. The number of hydrogen-bond acceptors (Lipinski definition) is 2. The van der Waals surface area contributed by atoms with Gasteiger partial charge in [0, 0.05) is 23.2 Å². The fourth-order valence-electron chi connectivity index (χ4n) is 3.28. The first kappa shape index (κ1) is 18.9. The van der Waals surface area contributed by atoms with Gasteiger partial charge in [-0.1, -0.05) is 51.8 Å². The molecule has 2 aromatic carbocycles. The fraction of sp³-hybridized carbons (Fsp3) is 0.381. The first-order chi connectivity index (χ1) is 12.6. The molecule has 138 valence electrons. The van der Waals surface area contributed by atoms with E-state index in [9.17, 15) is 4.79 Å². The van der Waals surface area contributed by atoms with Crippen molar-refractivity contribution in [2.75, 3.05) is 25.0 Å². The molecule has 26 heavy (non-hydrogen) atoms. The van der Waals surface area contributed by atoms with Gasteiger partial charge in [-0.15, -0.1) is 0 Å². The number of benzene rings is 2. The van der Waals surface area contributed by atoms with Crippen LogP contribution in [0.3, 0.4) is 0 Å². The Morgan fingerprint density at radius 1 is 1.15 bits per heavy atom. The van der Waals surface area contributed by atoms with Crippen molar-refractivity contribution < 1.29 is 4.79 Å². The van der Waals surface area contributed by atoms with Crippen LogP contribution >= 0.6 is 15.9 Å². The summed E-state index contributed by atoms with van der Waals surface area (Å²) in [5, 5.41) is 5.89. The molecule has 0 spiro atoms. The molecule has 0 unspecified atom stereocenters. The highest BCUT2D eigenvalue weighted by molar-refractivity contribution is 9.10. The normalized spacial score (nSPS) is 15.6. The van der Waals surface area contributed by atoms with E-state index in [0.717, 1.165) is 49.2 Å². The lowest BCUT2D eigenvalue weighted by molar-refractivity contribution is 0.175. The van der Waals surface area contributed by atoms with Crippen LogP contribution in [0.5, 0.6) is 0 Å². The van der Waals surface area contributed by atoms with Crippen LogP contribution in [0.15, 0.2) is 53.0 Å². The Hall–Kier alpha value is -1.85. The van der Waals surface area contributed by atoms with E-state index < -0.39 is 0 Å². The van der Waals surface area contributed by atoms with Crippen LogP contribution < -0.4 is 10.6 Å². The molecule has 0 bridgehead atoms. The van der Waals surface area contributed by atoms with Crippen LogP contribution in [0.25, 0.3) is 0 Å². The van der Waals surface area contributed by atoms with Gasteiger partial charge in [-0.25, -0.2) is 4.79 Å². The molecule has 2 aromatic rings. The largest absolute Gasteiger partial charge is 0.338 e. The summed E-state index contributed by atoms with van der Waals surface area (Å²) in [4.78, 5) is 14.6. The van der Waals surface area contributed by atoms with E-state index in [0.29, 0.717) is 5.92 Å². The quantitative estimate of drug-likeness (QED) is 0.736. The van der Waals surface area contributed by atoms with Gasteiger partial charge in [0.2, 0.25) is 0 Å². The second-order valence-electron chi connectivity index (χ2n) is 7.05. The van der Waals surface area contributed by atoms with Crippen molar-refractivity contribution in [3.05, 3.63) is 64.1 Å². The molecule has 3 rings (SSSR count). The van der Waals surface area contributed by atoms with E-state index in [1.807, 2.05) is 24.3 Å². The van der Waals surface area contributed by atoms with Crippen LogP contribution in [-0.4, -0.2) is 30.6 Å². The summed E-state index contributed by atoms with van der Waals surface area (Å²) in [5.41, 5.74) is 3.48. The van der Waals surface area contributed by atoms with Crippen molar-refractivity contribution in [3.8, 4) is 0 Å². The summed E-state index contributed by atoms with van der Waals surface area (Å²) < 4.78 is 0.955. The van der Waals surface area contributed by atoms with E-state index in [2.05, 4.69) is 62.7 Å². The fourth-order valence-corrected chi connectivity index (χ4v) is 3.68. The number of urea groups is 1. The maximum Gasteiger partial charge on any atom is 0.319 e. The molecule has 0 aromatic heterocycles. The monoisotopic (exact) mass is 415 g/mol.